The van der Waals surface area contributed by atoms with Crippen LogP contribution in [0.25, 0.3) is 0 Å². The second-order valence-corrected chi connectivity index (χ2v) is 5.57. The van der Waals surface area contributed by atoms with E-state index in [-0.39, 0.29) is 0 Å². The molecule has 6 heteroatoms. The molecule has 3 rings (SSSR count). The van der Waals surface area contributed by atoms with Gasteiger partial charge in [-0.1, -0.05) is 18.2 Å². The Morgan fingerprint density at radius 1 is 1.32 bits per heavy atom. The van der Waals surface area contributed by atoms with Crippen molar-refractivity contribution in [2.24, 2.45) is 0 Å². The van der Waals surface area contributed by atoms with E-state index in [1.807, 2.05) is 36.5 Å². The number of aliphatic hydroxyl groups is 1. The Kier molecular flexibility index (Phi) is 4.11. The molecular weight excluding hydrogens is 282 g/mol. The number of carboxylic acid groups (broad SMARTS) is 1. The first-order valence-electron chi connectivity index (χ1n) is 7.37. The molecule has 6 nitrogen and oxygen atoms in total. The maximum absolute atomic E-state index is 11.4. The van der Waals surface area contributed by atoms with Gasteiger partial charge in [-0.25, -0.2) is 0 Å². The lowest BCUT2D eigenvalue weighted by molar-refractivity contribution is -0.139. The number of aliphatic carboxylic acids is 1. The number of hydrogen-bond donors (Lipinski definition) is 2. The summed E-state index contributed by atoms with van der Waals surface area (Å²) in [6, 6.07) is 9.36. The predicted octanol–water partition coefficient (Wildman–Crippen LogP) is 1.32. The van der Waals surface area contributed by atoms with E-state index in [0.29, 0.717) is 26.1 Å². The fourth-order valence-corrected chi connectivity index (χ4v) is 3.01. The van der Waals surface area contributed by atoms with Crippen LogP contribution in [0.15, 0.2) is 42.7 Å². The van der Waals surface area contributed by atoms with Gasteiger partial charge < -0.3 is 15.1 Å². The highest BCUT2D eigenvalue weighted by molar-refractivity contribution is 5.80. The number of hydrogen-bond acceptors (Lipinski definition) is 4. The molecule has 0 saturated carbocycles. The van der Waals surface area contributed by atoms with Gasteiger partial charge in [0.25, 0.3) is 0 Å². The number of nitrogens with zero attached hydrogens (tertiary/aromatic N) is 3. The van der Waals surface area contributed by atoms with Crippen molar-refractivity contribution in [3.8, 4) is 0 Å². The number of carboxylic acids is 1. The van der Waals surface area contributed by atoms with Crippen molar-refractivity contribution >= 4 is 11.7 Å². The zero-order valence-corrected chi connectivity index (χ0v) is 12.2. The molecule has 116 valence electrons. The molecule has 0 bridgehead atoms. The van der Waals surface area contributed by atoms with Crippen LogP contribution in [0.3, 0.4) is 0 Å². The molecule has 2 N–H and O–H groups in total. The lowest BCUT2D eigenvalue weighted by Gasteiger charge is -2.35. The van der Waals surface area contributed by atoms with E-state index in [9.17, 15) is 15.0 Å². The standard InChI is InChI=1S/C16H19N3O3/c20-12(11-19-8-3-7-17-19)10-18-9-6-14(16(21)22)13-4-1-2-5-15(13)18/h1-5,7-8,12,14,20H,6,9-11H2,(H,21,22). The predicted molar refractivity (Wildman–Crippen MR) is 81.9 cm³/mol. The van der Waals surface area contributed by atoms with Crippen LogP contribution >= 0.6 is 0 Å². The average molecular weight is 301 g/mol. The maximum Gasteiger partial charge on any atom is 0.311 e. The summed E-state index contributed by atoms with van der Waals surface area (Å²) in [5.41, 5.74) is 1.73. The summed E-state index contributed by atoms with van der Waals surface area (Å²) in [7, 11) is 0. The molecule has 2 atom stereocenters. The Morgan fingerprint density at radius 2 is 2.14 bits per heavy atom. The highest BCUT2D eigenvalue weighted by atomic mass is 16.4. The minimum Gasteiger partial charge on any atom is -0.481 e. The minimum absolute atomic E-state index is 0.425. The Bertz CT molecular complexity index is 642. The lowest BCUT2D eigenvalue weighted by atomic mass is 9.90. The molecule has 0 fully saturated rings. The summed E-state index contributed by atoms with van der Waals surface area (Å²) in [5.74, 6) is -1.25. The molecular formula is C16H19N3O3. The fourth-order valence-electron chi connectivity index (χ4n) is 3.01. The van der Waals surface area contributed by atoms with E-state index in [1.165, 1.54) is 0 Å². The Hall–Kier alpha value is -2.34. The zero-order valence-electron chi connectivity index (χ0n) is 12.2. The maximum atomic E-state index is 11.4. The highest BCUT2D eigenvalue weighted by Crippen LogP contribution is 2.35. The van der Waals surface area contributed by atoms with Crippen LogP contribution in [0.4, 0.5) is 5.69 Å². The lowest BCUT2D eigenvalue weighted by Crippen LogP contribution is -2.40. The van der Waals surface area contributed by atoms with Crippen molar-refractivity contribution in [2.75, 3.05) is 18.0 Å². The van der Waals surface area contributed by atoms with Crippen LogP contribution in [-0.4, -0.2) is 45.2 Å². The summed E-state index contributed by atoms with van der Waals surface area (Å²) in [6.45, 7) is 1.52. The van der Waals surface area contributed by atoms with Crippen molar-refractivity contribution in [1.82, 2.24) is 9.78 Å². The molecule has 2 aromatic rings. The van der Waals surface area contributed by atoms with Crippen molar-refractivity contribution in [1.29, 1.82) is 0 Å². The Balaban J connectivity index is 1.74. The van der Waals surface area contributed by atoms with Crippen LogP contribution in [0, 0.1) is 0 Å². The molecule has 1 aliphatic heterocycles. The Labute approximate surface area is 128 Å². The normalized spacial score (nSPS) is 18.8. The second kappa shape index (κ2) is 6.19. The Morgan fingerprint density at radius 3 is 2.86 bits per heavy atom. The average Bonchev–Trinajstić information content (AvgIpc) is 3.00. The quantitative estimate of drug-likeness (QED) is 0.871. The number of aromatic nitrogens is 2. The molecule has 0 aliphatic carbocycles. The number of benzene rings is 1. The molecule has 0 amide bonds. The number of anilines is 1. The third-order valence-corrected chi connectivity index (χ3v) is 4.03. The van der Waals surface area contributed by atoms with E-state index < -0.39 is 18.0 Å². The molecule has 1 aliphatic rings. The highest BCUT2D eigenvalue weighted by Gasteiger charge is 2.30. The van der Waals surface area contributed by atoms with Gasteiger partial charge in [-0.15, -0.1) is 0 Å². The number of fused-ring (bicyclic) bond motifs is 1. The van der Waals surface area contributed by atoms with Gasteiger partial charge in [0.1, 0.15) is 0 Å². The van der Waals surface area contributed by atoms with Crippen molar-refractivity contribution < 1.29 is 15.0 Å². The number of para-hydroxylation sites is 1. The van der Waals surface area contributed by atoms with E-state index >= 15 is 0 Å². The van der Waals surface area contributed by atoms with Gasteiger partial charge in [0, 0.05) is 31.2 Å². The molecule has 0 saturated heterocycles. The first-order valence-corrected chi connectivity index (χ1v) is 7.37. The van der Waals surface area contributed by atoms with E-state index in [2.05, 4.69) is 10.00 Å². The van der Waals surface area contributed by atoms with Crippen molar-refractivity contribution in [3.63, 3.8) is 0 Å². The zero-order chi connectivity index (χ0) is 15.5. The van der Waals surface area contributed by atoms with Gasteiger partial charge in [-0.3, -0.25) is 9.48 Å². The van der Waals surface area contributed by atoms with Crippen LogP contribution in [0.1, 0.15) is 17.9 Å². The molecule has 1 aromatic heterocycles. The molecule has 2 unspecified atom stereocenters. The van der Waals surface area contributed by atoms with Gasteiger partial charge in [-0.2, -0.15) is 5.10 Å². The van der Waals surface area contributed by atoms with Gasteiger partial charge in [0.05, 0.1) is 18.6 Å². The summed E-state index contributed by atoms with van der Waals surface area (Å²) in [5, 5.41) is 23.7. The topological polar surface area (TPSA) is 78.6 Å². The number of β-amino-alcohol motifs (C(OH)–C–C–N with tert-alkyl or cyclic N) is 1. The SMILES string of the molecule is O=C(O)C1CCN(CC(O)Cn2cccn2)c2ccccc21. The van der Waals surface area contributed by atoms with E-state index in [1.54, 1.807) is 10.9 Å². The van der Waals surface area contributed by atoms with Crippen molar-refractivity contribution in [3.05, 3.63) is 48.3 Å². The minimum atomic E-state index is -0.788. The summed E-state index contributed by atoms with van der Waals surface area (Å²) >= 11 is 0. The third kappa shape index (κ3) is 2.96. The van der Waals surface area contributed by atoms with Crippen LogP contribution in [0.5, 0.6) is 0 Å². The number of rotatable bonds is 5. The second-order valence-electron chi connectivity index (χ2n) is 5.57. The molecule has 0 radical (unpaired) electrons. The molecule has 1 aromatic carbocycles. The van der Waals surface area contributed by atoms with Crippen LogP contribution in [0.2, 0.25) is 0 Å². The number of carbonyl (C=O) groups is 1. The van der Waals surface area contributed by atoms with Gasteiger partial charge in [-0.05, 0) is 24.1 Å². The summed E-state index contributed by atoms with van der Waals surface area (Å²) in [6.07, 6.45) is 3.49. The molecule has 22 heavy (non-hydrogen) atoms. The van der Waals surface area contributed by atoms with E-state index in [4.69, 9.17) is 0 Å². The molecule has 2 heterocycles. The molecule has 0 spiro atoms. The number of aliphatic hydroxyl groups excluding tert-OH is 1. The van der Waals surface area contributed by atoms with Crippen LogP contribution in [-0.2, 0) is 11.3 Å². The monoisotopic (exact) mass is 301 g/mol. The van der Waals surface area contributed by atoms with Crippen LogP contribution < -0.4 is 4.90 Å². The van der Waals surface area contributed by atoms with Crippen molar-refractivity contribution in [2.45, 2.75) is 25.0 Å². The largest absolute Gasteiger partial charge is 0.481 e. The van der Waals surface area contributed by atoms with Gasteiger partial charge >= 0.3 is 5.97 Å². The first kappa shape index (κ1) is 14.6. The fraction of sp³-hybridized carbons (Fsp3) is 0.375. The summed E-state index contributed by atoms with van der Waals surface area (Å²) < 4.78 is 1.70. The first-order chi connectivity index (χ1) is 10.6. The van der Waals surface area contributed by atoms with E-state index in [0.717, 1.165) is 11.3 Å². The van der Waals surface area contributed by atoms with Gasteiger partial charge in [0.2, 0.25) is 0 Å². The summed E-state index contributed by atoms with van der Waals surface area (Å²) in [4.78, 5) is 13.4. The van der Waals surface area contributed by atoms with Gasteiger partial charge in [0.15, 0.2) is 0 Å². The smallest absolute Gasteiger partial charge is 0.311 e. The third-order valence-electron chi connectivity index (χ3n) is 4.03.